The van der Waals surface area contributed by atoms with Crippen molar-refractivity contribution < 1.29 is 27.0 Å². The molecular weight excluding hydrogens is 444 g/mol. The molecule has 3 aromatic carbocycles. The maximum absolute atomic E-state index is 15.0. The molecule has 1 fully saturated rings. The lowest BCUT2D eigenvalue weighted by Gasteiger charge is -2.29. The summed E-state index contributed by atoms with van der Waals surface area (Å²) in [6, 6.07) is 12.1. The molecule has 34 heavy (non-hydrogen) atoms. The first kappa shape index (κ1) is 24.2. The predicted molar refractivity (Wildman–Crippen MR) is 124 cm³/mol. The van der Waals surface area contributed by atoms with Gasteiger partial charge in [0, 0.05) is 22.6 Å². The lowest BCUT2D eigenvalue weighted by atomic mass is 9.97. The van der Waals surface area contributed by atoms with Gasteiger partial charge in [0.2, 0.25) is 0 Å². The Bertz CT molecular complexity index is 1180. The standard InChI is InChI=1S/C28H26F4O2/c1-3-4-5-6-18-15-33-28(34-16-18)23-14-13-22(26(31)27(23)32)20-10-8-19(9-11-20)21-12-7-17(2)24(29)25(21)30/h3-4,7-14,18,28H,5-6,15-16H2,1-2H3/b4-3+. The lowest BCUT2D eigenvalue weighted by Crippen LogP contribution is -2.27. The molecule has 0 bridgehead atoms. The third-order valence-corrected chi connectivity index (χ3v) is 6.09. The Balaban J connectivity index is 1.51. The molecular formula is C28H26F4O2. The summed E-state index contributed by atoms with van der Waals surface area (Å²) < 4.78 is 69.4. The fourth-order valence-electron chi connectivity index (χ4n) is 4.06. The minimum atomic E-state index is -1.02. The Hall–Kier alpha value is -2.96. The number of hydrogen-bond donors (Lipinski definition) is 0. The van der Waals surface area contributed by atoms with Crippen LogP contribution in [0.1, 0.15) is 37.2 Å². The fourth-order valence-corrected chi connectivity index (χ4v) is 4.06. The third kappa shape index (κ3) is 4.93. The maximum atomic E-state index is 15.0. The van der Waals surface area contributed by atoms with Crippen molar-refractivity contribution in [1.29, 1.82) is 0 Å². The van der Waals surface area contributed by atoms with Crippen molar-refractivity contribution in [3.05, 3.63) is 95.1 Å². The molecule has 0 aliphatic carbocycles. The summed E-state index contributed by atoms with van der Waals surface area (Å²) in [6.45, 7) is 4.29. The van der Waals surface area contributed by atoms with Crippen molar-refractivity contribution in [3.8, 4) is 22.3 Å². The van der Waals surface area contributed by atoms with Gasteiger partial charge in [-0.15, -0.1) is 0 Å². The first-order valence-electron chi connectivity index (χ1n) is 11.3. The zero-order valence-corrected chi connectivity index (χ0v) is 19.1. The molecule has 0 N–H and O–H groups in total. The molecule has 2 nitrogen and oxygen atoms in total. The summed E-state index contributed by atoms with van der Waals surface area (Å²) >= 11 is 0. The number of hydrogen-bond acceptors (Lipinski definition) is 2. The Morgan fingerprint density at radius 1 is 0.765 bits per heavy atom. The van der Waals surface area contributed by atoms with E-state index in [-0.39, 0.29) is 28.2 Å². The van der Waals surface area contributed by atoms with Crippen LogP contribution in [0.25, 0.3) is 22.3 Å². The fraction of sp³-hybridized carbons (Fsp3) is 0.286. The quantitative estimate of drug-likeness (QED) is 0.269. The number of aryl methyl sites for hydroxylation is 1. The molecule has 0 aromatic heterocycles. The van der Waals surface area contributed by atoms with Crippen molar-refractivity contribution in [1.82, 2.24) is 0 Å². The van der Waals surface area contributed by atoms with Crippen LogP contribution in [0, 0.1) is 36.1 Å². The van der Waals surface area contributed by atoms with E-state index in [9.17, 15) is 17.6 Å². The number of ether oxygens (including phenoxy) is 2. The van der Waals surface area contributed by atoms with Crippen molar-refractivity contribution in [2.24, 2.45) is 5.92 Å². The van der Waals surface area contributed by atoms with Gasteiger partial charge in [-0.3, -0.25) is 0 Å². The molecule has 0 spiro atoms. The monoisotopic (exact) mass is 470 g/mol. The van der Waals surface area contributed by atoms with Gasteiger partial charge in [-0.05, 0) is 43.4 Å². The van der Waals surface area contributed by atoms with Gasteiger partial charge in [0.05, 0.1) is 13.2 Å². The summed E-state index contributed by atoms with van der Waals surface area (Å²) in [5.74, 6) is -3.66. The highest BCUT2D eigenvalue weighted by Crippen LogP contribution is 2.34. The van der Waals surface area contributed by atoms with Gasteiger partial charge in [0.25, 0.3) is 0 Å². The average molecular weight is 471 g/mol. The Kier molecular flexibility index (Phi) is 7.49. The van der Waals surface area contributed by atoms with E-state index >= 15 is 0 Å². The molecule has 1 aliphatic rings. The van der Waals surface area contributed by atoms with Crippen LogP contribution in [0.2, 0.25) is 0 Å². The van der Waals surface area contributed by atoms with Gasteiger partial charge in [0.1, 0.15) is 0 Å². The molecule has 1 aliphatic heterocycles. The molecule has 0 amide bonds. The largest absolute Gasteiger partial charge is 0.348 e. The molecule has 0 saturated carbocycles. The number of benzene rings is 3. The van der Waals surface area contributed by atoms with Crippen molar-refractivity contribution in [2.75, 3.05) is 13.2 Å². The van der Waals surface area contributed by atoms with E-state index in [1.54, 1.807) is 24.3 Å². The van der Waals surface area contributed by atoms with E-state index in [2.05, 4.69) is 6.08 Å². The van der Waals surface area contributed by atoms with Crippen LogP contribution in [0.3, 0.4) is 0 Å². The van der Waals surface area contributed by atoms with Crippen LogP contribution in [-0.4, -0.2) is 13.2 Å². The minimum Gasteiger partial charge on any atom is -0.348 e. The molecule has 1 saturated heterocycles. The molecule has 3 aromatic rings. The first-order valence-corrected chi connectivity index (χ1v) is 11.3. The average Bonchev–Trinajstić information content (AvgIpc) is 2.85. The highest BCUT2D eigenvalue weighted by molar-refractivity contribution is 5.71. The first-order chi connectivity index (χ1) is 16.4. The second-order valence-corrected chi connectivity index (χ2v) is 8.48. The summed E-state index contributed by atoms with van der Waals surface area (Å²) in [6.07, 6.45) is 4.93. The highest BCUT2D eigenvalue weighted by Gasteiger charge is 2.27. The van der Waals surface area contributed by atoms with Crippen molar-refractivity contribution >= 4 is 0 Å². The van der Waals surface area contributed by atoms with Crippen LogP contribution in [0.4, 0.5) is 17.6 Å². The van der Waals surface area contributed by atoms with Gasteiger partial charge in [-0.2, -0.15) is 0 Å². The van der Waals surface area contributed by atoms with Gasteiger partial charge < -0.3 is 9.47 Å². The number of halogens is 4. The van der Waals surface area contributed by atoms with Gasteiger partial charge in [-0.1, -0.05) is 60.7 Å². The van der Waals surface area contributed by atoms with Crippen LogP contribution >= 0.6 is 0 Å². The van der Waals surface area contributed by atoms with Crippen LogP contribution in [0.5, 0.6) is 0 Å². The normalized spacial score (nSPS) is 18.5. The molecule has 178 valence electrons. The van der Waals surface area contributed by atoms with E-state index in [0.717, 1.165) is 12.8 Å². The zero-order chi connectivity index (χ0) is 24.2. The van der Waals surface area contributed by atoms with Crippen molar-refractivity contribution in [2.45, 2.75) is 33.0 Å². The Morgan fingerprint density at radius 2 is 1.32 bits per heavy atom. The topological polar surface area (TPSA) is 18.5 Å². The zero-order valence-electron chi connectivity index (χ0n) is 19.1. The van der Waals surface area contributed by atoms with Crippen LogP contribution < -0.4 is 0 Å². The van der Waals surface area contributed by atoms with E-state index in [0.29, 0.717) is 24.3 Å². The van der Waals surface area contributed by atoms with Gasteiger partial charge in [-0.25, -0.2) is 17.6 Å². The molecule has 0 unspecified atom stereocenters. The Morgan fingerprint density at radius 3 is 1.91 bits per heavy atom. The molecule has 6 heteroatoms. The molecule has 4 rings (SSSR count). The summed E-state index contributed by atoms with van der Waals surface area (Å²) in [4.78, 5) is 0. The highest BCUT2D eigenvalue weighted by atomic mass is 19.2. The number of allylic oxidation sites excluding steroid dienone is 2. The molecule has 0 radical (unpaired) electrons. The maximum Gasteiger partial charge on any atom is 0.186 e. The number of rotatable bonds is 6. The second-order valence-electron chi connectivity index (χ2n) is 8.48. The SMILES string of the molecule is C/C=C/CCC1COC(c2ccc(-c3ccc(-c4ccc(C)c(F)c4F)cc3)c(F)c2F)OC1. The van der Waals surface area contributed by atoms with Crippen LogP contribution in [-0.2, 0) is 9.47 Å². The van der Waals surface area contributed by atoms with E-state index in [1.807, 2.05) is 13.0 Å². The predicted octanol–water partition coefficient (Wildman–Crippen LogP) is 7.90. The Labute approximate surface area is 196 Å². The van der Waals surface area contributed by atoms with E-state index in [1.165, 1.54) is 31.2 Å². The third-order valence-electron chi connectivity index (χ3n) is 6.09. The smallest absolute Gasteiger partial charge is 0.186 e. The summed E-state index contributed by atoms with van der Waals surface area (Å²) in [5.41, 5.74) is 1.24. The summed E-state index contributed by atoms with van der Waals surface area (Å²) in [7, 11) is 0. The molecule has 0 atom stereocenters. The van der Waals surface area contributed by atoms with E-state index < -0.39 is 29.6 Å². The van der Waals surface area contributed by atoms with Crippen LogP contribution in [0.15, 0.2) is 60.7 Å². The minimum absolute atomic E-state index is 0.0157. The summed E-state index contributed by atoms with van der Waals surface area (Å²) in [5, 5.41) is 0. The van der Waals surface area contributed by atoms with E-state index in [4.69, 9.17) is 9.47 Å². The van der Waals surface area contributed by atoms with Gasteiger partial charge in [0.15, 0.2) is 29.6 Å². The van der Waals surface area contributed by atoms with Crippen molar-refractivity contribution in [3.63, 3.8) is 0 Å². The second kappa shape index (κ2) is 10.5. The molecule has 1 heterocycles. The van der Waals surface area contributed by atoms with Gasteiger partial charge >= 0.3 is 0 Å². The lowest BCUT2D eigenvalue weighted by molar-refractivity contribution is -0.207.